The Balaban J connectivity index is 1.68. The van der Waals surface area contributed by atoms with Crippen LogP contribution in [0.2, 0.25) is 0 Å². The third kappa shape index (κ3) is 2.66. The van der Waals surface area contributed by atoms with Crippen LogP contribution < -0.4 is 5.32 Å². The van der Waals surface area contributed by atoms with Gasteiger partial charge in [-0.1, -0.05) is 17.3 Å². The highest BCUT2D eigenvalue weighted by molar-refractivity contribution is 7.89. The lowest BCUT2D eigenvalue weighted by Gasteiger charge is -2.35. The molecule has 2 aliphatic heterocycles. The molecule has 6 nitrogen and oxygen atoms in total. The number of piperidine rings is 1. The van der Waals surface area contributed by atoms with Crippen molar-refractivity contribution >= 4 is 10.0 Å². The Hall–Kier alpha value is -1.70. The molecule has 0 aliphatic carbocycles. The van der Waals surface area contributed by atoms with Crippen LogP contribution in [0.1, 0.15) is 25.7 Å². The van der Waals surface area contributed by atoms with Crippen molar-refractivity contribution in [2.45, 2.75) is 48.7 Å². The van der Waals surface area contributed by atoms with Crippen LogP contribution in [0.15, 0.2) is 45.9 Å². The second-order valence-electron chi connectivity index (χ2n) is 6.66. The summed E-state index contributed by atoms with van der Waals surface area (Å²) in [5, 5.41) is 7.25. The van der Waals surface area contributed by atoms with Gasteiger partial charge in [0.2, 0.25) is 10.0 Å². The Morgan fingerprint density at radius 3 is 2.54 bits per heavy atom. The zero-order chi connectivity index (χ0) is 16.7. The lowest BCUT2D eigenvalue weighted by molar-refractivity contribution is 0.251. The van der Waals surface area contributed by atoms with E-state index >= 15 is 0 Å². The van der Waals surface area contributed by atoms with E-state index in [2.05, 4.69) is 10.5 Å². The predicted octanol–water partition coefficient (Wildman–Crippen LogP) is 2.25. The maximum atomic E-state index is 13.2. The molecule has 7 heteroatoms. The van der Waals surface area contributed by atoms with E-state index in [0.717, 1.165) is 25.7 Å². The molecule has 0 saturated carbocycles. The molecule has 0 radical (unpaired) electrons. The molecule has 4 rings (SSSR count). The van der Waals surface area contributed by atoms with Crippen molar-refractivity contribution in [1.29, 1.82) is 0 Å². The van der Waals surface area contributed by atoms with Gasteiger partial charge < -0.3 is 9.84 Å². The number of hydrogen-bond donors (Lipinski definition) is 1. The smallest absolute Gasteiger partial charge is 0.243 e. The first-order valence-corrected chi connectivity index (χ1v) is 9.74. The van der Waals surface area contributed by atoms with E-state index < -0.39 is 10.0 Å². The molecular formula is C17H21N3O3S. The van der Waals surface area contributed by atoms with Crippen LogP contribution in [0.4, 0.5) is 0 Å². The van der Waals surface area contributed by atoms with Gasteiger partial charge in [-0.2, -0.15) is 4.31 Å². The van der Waals surface area contributed by atoms with Crippen LogP contribution in [0.3, 0.4) is 0 Å². The first-order chi connectivity index (χ1) is 11.6. The third-order valence-electron chi connectivity index (χ3n) is 5.21. The fraction of sp³-hybridized carbons (Fsp3) is 0.471. The number of nitrogens with one attached hydrogen (secondary N) is 1. The summed E-state index contributed by atoms with van der Waals surface area (Å²) >= 11 is 0. The summed E-state index contributed by atoms with van der Waals surface area (Å²) in [5.41, 5.74) is 0.554. The normalized spacial score (nSPS) is 26.8. The Kier molecular flexibility index (Phi) is 3.94. The number of nitrogens with zero attached hydrogens (tertiary/aromatic N) is 2. The lowest BCUT2D eigenvalue weighted by Crippen LogP contribution is -2.48. The molecule has 128 valence electrons. The molecule has 3 heterocycles. The van der Waals surface area contributed by atoms with Crippen molar-refractivity contribution in [2.75, 3.05) is 7.05 Å². The first-order valence-electron chi connectivity index (χ1n) is 8.30. The SMILES string of the molecule is CN(C1CC2CCC(C1)N2)S(=O)(=O)c1ccccc1-c1ccno1. The van der Waals surface area contributed by atoms with E-state index in [1.165, 1.54) is 6.20 Å². The van der Waals surface area contributed by atoms with Crippen molar-refractivity contribution in [2.24, 2.45) is 0 Å². The predicted molar refractivity (Wildman–Crippen MR) is 89.9 cm³/mol. The van der Waals surface area contributed by atoms with Gasteiger partial charge >= 0.3 is 0 Å². The van der Waals surface area contributed by atoms with Gasteiger partial charge in [0.15, 0.2) is 5.76 Å². The van der Waals surface area contributed by atoms with E-state index in [0.29, 0.717) is 23.4 Å². The quantitative estimate of drug-likeness (QED) is 0.918. The van der Waals surface area contributed by atoms with E-state index in [4.69, 9.17) is 4.52 Å². The molecule has 2 saturated heterocycles. The molecular weight excluding hydrogens is 326 g/mol. The van der Waals surface area contributed by atoms with Gasteiger partial charge in [-0.3, -0.25) is 0 Å². The average molecular weight is 347 g/mol. The second kappa shape index (κ2) is 5.98. The Morgan fingerprint density at radius 2 is 1.88 bits per heavy atom. The monoisotopic (exact) mass is 347 g/mol. The van der Waals surface area contributed by atoms with Gasteiger partial charge in [-0.25, -0.2) is 8.42 Å². The molecule has 1 aromatic heterocycles. The minimum Gasteiger partial charge on any atom is -0.356 e. The van der Waals surface area contributed by atoms with Crippen molar-refractivity contribution in [1.82, 2.24) is 14.8 Å². The third-order valence-corrected chi connectivity index (χ3v) is 7.18. The zero-order valence-electron chi connectivity index (χ0n) is 13.6. The maximum absolute atomic E-state index is 13.2. The molecule has 2 aliphatic rings. The van der Waals surface area contributed by atoms with Crippen molar-refractivity contribution < 1.29 is 12.9 Å². The van der Waals surface area contributed by atoms with Gasteiger partial charge in [0.25, 0.3) is 0 Å². The maximum Gasteiger partial charge on any atom is 0.243 e. The summed E-state index contributed by atoms with van der Waals surface area (Å²) in [6, 6.07) is 9.54. The van der Waals surface area contributed by atoms with Gasteiger partial charge in [0.1, 0.15) is 0 Å². The number of benzene rings is 1. The summed E-state index contributed by atoms with van der Waals surface area (Å²) in [5.74, 6) is 0.466. The molecule has 1 N–H and O–H groups in total. The summed E-state index contributed by atoms with van der Waals surface area (Å²) < 4.78 is 33.2. The van der Waals surface area contributed by atoms with Crippen molar-refractivity contribution in [3.8, 4) is 11.3 Å². The van der Waals surface area contributed by atoms with Crippen LogP contribution in [-0.2, 0) is 10.0 Å². The number of fused-ring (bicyclic) bond motifs is 2. The molecule has 2 fully saturated rings. The second-order valence-corrected chi connectivity index (χ2v) is 8.62. The fourth-order valence-corrected chi connectivity index (χ4v) is 5.50. The summed E-state index contributed by atoms with van der Waals surface area (Å²) in [4.78, 5) is 0.273. The van der Waals surface area contributed by atoms with Crippen LogP contribution in [0, 0.1) is 0 Å². The molecule has 2 unspecified atom stereocenters. The zero-order valence-corrected chi connectivity index (χ0v) is 14.4. The van der Waals surface area contributed by atoms with Crippen molar-refractivity contribution in [3.63, 3.8) is 0 Å². The highest BCUT2D eigenvalue weighted by Crippen LogP contribution is 2.34. The minimum atomic E-state index is -3.60. The summed E-state index contributed by atoms with van der Waals surface area (Å²) in [7, 11) is -1.90. The van der Waals surface area contributed by atoms with Gasteiger partial charge in [0.05, 0.1) is 11.1 Å². The average Bonchev–Trinajstić information content (AvgIpc) is 3.24. The van der Waals surface area contributed by atoms with E-state index in [-0.39, 0.29) is 10.9 Å². The van der Waals surface area contributed by atoms with Crippen LogP contribution in [0.5, 0.6) is 0 Å². The van der Waals surface area contributed by atoms with E-state index in [1.54, 1.807) is 35.6 Å². The van der Waals surface area contributed by atoms with Gasteiger partial charge in [-0.05, 0) is 37.8 Å². The fourth-order valence-electron chi connectivity index (χ4n) is 3.93. The number of hydrogen-bond acceptors (Lipinski definition) is 5. The molecule has 1 aromatic carbocycles. The summed E-state index contributed by atoms with van der Waals surface area (Å²) in [6.45, 7) is 0. The molecule has 2 atom stereocenters. The lowest BCUT2D eigenvalue weighted by atomic mass is 10.0. The summed E-state index contributed by atoms with van der Waals surface area (Å²) in [6.07, 6.45) is 5.55. The highest BCUT2D eigenvalue weighted by atomic mass is 32.2. The Bertz CT molecular complexity index is 807. The standard InChI is InChI=1S/C17H21N3O3S/c1-20(14-10-12-6-7-13(11-14)19-12)24(21,22)17-5-3-2-4-15(17)16-8-9-18-23-16/h2-5,8-9,12-14,19H,6-7,10-11H2,1H3. The molecule has 2 bridgehead atoms. The van der Waals surface area contributed by atoms with Crippen LogP contribution >= 0.6 is 0 Å². The molecule has 0 spiro atoms. The largest absolute Gasteiger partial charge is 0.356 e. The molecule has 2 aromatic rings. The van der Waals surface area contributed by atoms with Crippen LogP contribution in [-0.4, -0.2) is 43.1 Å². The minimum absolute atomic E-state index is 0.0385. The first kappa shape index (κ1) is 15.8. The van der Waals surface area contributed by atoms with E-state index in [9.17, 15) is 8.42 Å². The Labute approximate surface area is 141 Å². The van der Waals surface area contributed by atoms with Crippen LogP contribution in [0.25, 0.3) is 11.3 Å². The number of rotatable bonds is 4. The van der Waals surface area contributed by atoms with Gasteiger partial charge in [-0.15, -0.1) is 0 Å². The topological polar surface area (TPSA) is 75.4 Å². The Morgan fingerprint density at radius 1 is 1.17 bits per heavy atom. The van der Waals surface area contributed by atoms with Gasteiger partial charge in [0, 0.05) is 36.8 Å². The molecule has 24 heavy (non-hydrogen) atoms. The van der Waals surface area contributed by atoms with E-state index in [1.807, 2.05) is 6.07 Å². The number of sulfonamides is 1. The number of aromatic nitrogens is 1. The molecule has 0 amide bonds. The highest BCUT2D eigenvalue weighted by Gasteiger charge is 2.39. The van der Waals surface area contributed by atoms with Crippen molar-refractivity contribution in [3.05, 3.63) is 36.5 Å².